The van der Waals surface area contributed by atoms with Crippen molar-refractivity contribution in [2.24, 2.45) is 0 Å². The third-order valence-electron chi connectivity index (χ3n) is 2.70. The summed E-state index contributed by atoms with van der Waals surface area (Å²) in [5.74, 6) is -0.752. The Morgan fingerprint density at radius 1 is 1.11 bits per heavy atom. The van der Waals surface area contributed by atoms with Crippen LogP contribution in [0.5, 0.6) is 0 Å². The molecule has 98 valence electrons. The molecule has 0 spiro atoms. The normalized spacial score (nSPS) is 25.5. The molecule has 0 fully saturated rings. The Hall–Kier alpha value is -0.850. The second kappa shape index (κ2) is 4.68. The maximum Gasteiger partial charge on any atom is 0.172 e. The molecule has 4 nitrogen and oxygen atoms in total. The molecule has 1 aromatic carbocycles. The van der Waals surface area contributed by atoms with E-state index in [0.717, 1.165) is 5.41 Å². The molecular weight excluding hydrogens is 296 g/mol. The zero-order valence-electron chi connectivity index (χ0n) is 9.28. The lowest BCUT2D eigenvalue weighted by molar-refractivity contribution is 0.582. The first kappa shape index (κ1) is 13.6. The lowest BCUT2D eigenvalue weighted by Gasteiger charge is -2.16. The van der Waals surface area contributed by atoms with Gasteiger partial charge in [0.05, 0.1) is 11.5 Å². The van der Waals surface area contributed by atoms with Gasteiger partial charge in [-0.25, -0.2) is 16.8 Å². The molecule has 0 N–H and O–H groups in total. The van der Waals surface area contributed by atoms with Crippen molar-refractivity contribution in [3.05, 3.63) is 46.3 Å². The minimum Gasteiger partial charge on any atom is -0.228 e. The zero-order valence-corrected chi connectivity index (χ0v) is 11.7. The van der Waals surface area contributed by atoms with Gasteiger partial charge in [-0.05, 0) is 11.6 Å². The molecular formula is C11H11ClO4S2. The van der Waals surface area contributed by atoms with Gasteiger partial charge in [-0.1, -0.05) is 35.9 Å². The molecule has 0 aromatic heterocycles. The molecule has 0 saturated heterocycles. The van der Waals surface area contributed by atoms with E-state index in [2.05, 4.69) is 0 Å². The molecule has 0 saturated carbocycles. The van der Waals surface area contributed by atoms with E-state index in [1.165, 1.54) is 6.08 Å². The first-order valence-electron chi connectivity index (χ1n) is 5.17. The van der Waals surface area contributed by atoms with Gasteiger partial charge >= 0.3 is 0 Å². The predicted molar refractivity (Wildman–Crippen MR) is 70.9 cm³/mol. The summed E-state index contributed by atoms with van der Waals surface area (Å²) in [6.07, 6.45) is 1.17. The molecule has 0 radical (unpaired) electrons. The summed E-state index contributed by atoms with van der Waals surface area (Å²) in [5.41, 5.74) is 0.339. The van der Waals surface area contributed by atoms with Crippen LogP contribution in [0, 0.1) is 0 Å². The number of benzene rings is 1. The van der Waals surface area contributed by atoms with Crippen molar-refractivity contribution in [2.45, 2.75) is 5.25 Å². The molecule has 0 amide bonds. The molecule has 0 bridgehead atoms. The van der Waals surface area contributed by atoms with Gasteiger partial charge < -0.3 is 0 Å². The monoisotopic (exact) mass is 306 g/mol. The number of hydrogen-bond acceptors (Lipinski definition) is 4. The van der Waals surface area contributed by atoms with Crippen LogP contribution in [0.3, 0.4) is 0 Å². The molecule has 0 aliphatic carbocycles. The smallest absolute Gasteiger partial charge is 0.172 e. The summed E-state index contributed by atoms with van der Waals surface area (Å²) in [7, 11) is -7.08. The molecule has 1 aliphatic rings. The second-order valence-corrected chi connectivity index (χ2v) is 8.61. The topological polar surface area (TPSA) is 68.3 Å². The van der Waals surface area contributed by atoms with Crippen LogP contribution in [0.15, 0.2) is 35.7 Å². The molecule has 1 heterocycles. The lowest BCUT2D eigenvalue weighted by Crippen LogP contribution is -2.21. The van der Waals surface area contributed by atoms with E-state index in [1.54, 1.807) is 24.3 Å². The predicted octanol–water partition coefficient (Wildman–Crippen LogP) is 1.74. The third-order valence-corrected chi connectivity index (χ3v) is 6.61. The Morgan fingerprint density at radius 3 is 2.44 bits per heavy atom. The Morgan fingerprint density at radius 2 is 1.78 bits per heavy atom. The van der Waals surface area contributed by atoms with Crippen molar-refractivity contribution >= 4 is 31.3 Å². The molecule has 18 heavy (non-hydrogen) atoms. The number of hydrogen-bond donors (Lipinski definition) is 0. The minimum atomic E-state index is -3.56. The van der Waals surface area contributed by atoms with Crippen LogP contribution in [0.1, 0.15) is 10.8 Å². The van der Waals surface area contributed by atoms with Crippen LogP contribution in [-0.4, -0.2) is 28.3 Å². The highest BCUT2D eigenvalue weighted by atomic mass is 35.5. The van der Waals surface area contributed by atoms with Crippen molar-refractivity contribution in [2.75, 3.05) is 11.5 Å². The van der Waals surface area contributed by atoms with Gasteiger partial charge in [0.1, 0.15) is 5.25 Å². The van der Waals surface area contributed by atoms with Gasteiger partial charge in [0, 0.05) is 10.4 Å². The average molecular weight is 307 g/mol. The quantitative estimate of drug-likeness (QED) is 0.792. The van der Waals surface area contributed by atoms with E-state index in [1.807, 2.05) is 0 Å². The van der Waals surface area contributed by atoms with Gasteiger partial charge in [-0.2, -0.15) is 0 Å². The van der Waals surface area contributed by atoms with Gasteiger partial charge in [-0.15, -0.1) is 0 Å². The maximum absolute atomic E-state index is 12.1. The summed E-state index contributed by atoms with van der Waals surface area (Å²) >= 11 is 5.95. The van der Waals surface area contributed by atoms with Crippen molar-refractivity contribution in [1.29, 1.82) is 0 Å². The Labute approximate surface area is 111 Å². The van der Waals surface area contributed by atoms with Crippen LogP contribution in [-0.2, 0) is 19.7 Å². The minimum absolute atomic E-state index is 0.267. The highest BCUT2D eigenvalue weighted by molar-refractivity contribution is 7.97. The van der Waals surface area contributed by atoms with Crippen LogP contribution in [0.25, 0.3) is 0 Å². The molecule has 1 aromatic rings. The van der Waals surface area contributed by atoms with E-state index >= 15 is 0 Å². The van der Waals surface area contributed by atoms with Crippen molar-refractivity contribution in [3.63, 3.8) is 0 Å². The molecule has 1 atom stereocenters. The molecule has 1 unspecified atom stereocenters. The summed E-state index contributed by atoms with van der Waals surface area (Å²) in [5, 5.41) is 0.121. The first-order chi connectivity index (χ1) is 8.32. The van der Waals surface area contributed by atoms with E-state index in [-0.39, 0.29) is 10.8 Å². The van der Waals surface area contributed by atoms with Crippen molar-refractivity contribution in [3.8, 4) is 0 Å². The fraction of sp³-hybridized carbons (Fsp3) is 0.273. The van der Waals surface area contributed by atoms with Crippen LogP contribution in [0.2, 0.25) is 5.02 Å². The fourth-order valence-electron chi connectivity index (χ4n) is 1.83. The van der Waals surface area contributed by atoms with Crippen molar-refractivity contribution < 1.29 is 16.8 Å². The number of rotatable bonds is 1. The summed E-state index contributed by atoms with van der Waals surface area (Å²) in [6.45, 7) is 0. The first-order valence-corrected chi connectivity index (χ1v) is 8.98. The van der Waals surface area contributed by atoms with Gasteiger partial charge in [0.15, 0.2) is 19.7 Å². The van der Waals surface area contributed by atoms with Gasteiger partial charge in [-0.3, -0.25) is 0 Å². The highest BCUT2D eigenvalue weighted by Gasteiger charge is 2.33. The maximum atomic E-state index is 12.1. The Kier molecular flexibility index (Phi) is 3.53. The molecule has 2 rings (SSSR count). The van der Waals surface area contributed by atoms with E-state index in [4.69, 9.17) is 11.6 Å². The fourth-order valence-corrected chi connectivity index (χ4v) is 5.97. The highest BCUT2D eigenvalue weighted by Crippen LogP contribution is 2.32. The largest absolute Gasteiger partial charge is 0.228 e. The van der Waals surface area contributed by atoms with Crippen LogP contribution >= 0.6 is 11.6 Å². The van der Waals surface area contributed by atoms with Crippen LogP contribution < -0.4 is 0 Å². The SMILES string of the molecule is O=S1(=O)C=CCS(=O)(=O)C(c2ccccc2Cl)C1. The van der Waals surface area contributed by atoms with Gasteiger partial charge in [0.25, 0.3) is 0 Å². The Balaban J connectivity index is 2.58. The third kappa shape index (κ3) is 2.76. The van der Waals surface area contributed by atoms with Crippen molar-refractivity contribution in [1.82, 2.24) is 0 Å². The lowest BCUT2D eigenvalue weighted by atomic mass is 10.2. The molecule has 7 heteroatoms. The van der Waals surface area contributed by atoms with Crippen LogP contribution in [0.4, 0.5) is 0 Å². The zero-order chi connectivity index (χ0) is 13.4. The standard InChI is InChI=1S/C11H11ClO4S2/c12-10-5-2-1-4-9(10)11-8-17(13,14)6-3-7-18(11,15)16/h1-6,11H,7-8H2. The number of halogens is 1. The summed E-state index contributed by atoms with van der Waals surface area (Å²) < 4.78 is 47.5. The second-order valence-electron chi connectivity index (χ2n) is 4.04. The van der Waals surface area contributed by atoms with E-state index in [0.29, 0.717) is 5.56 Å². The van der Waals surface area contributed by atoms with Gasteiger partial charge in [0.2, 0.25) is 0 Å². The summed E-state index contributed by atoms with van der Waals surface area (Å²) in [6, 6.07) is 6.41. The average Bonchev–Trinajstić information content (AvgIpc) is 2.36. The van der Waals surface area contributed by atoms with E-state index < -0.39 is 30.7 Å². The Bertz CT molecular complexity index is 690. The molecule has 1 aliphatic heterocycles. The van der Waals surface area contributed by atoms with E-state index in [9.17, 15) is 16.8 Å². The number of sulfone groups is 2. The summed E-state index contributed by atoms with van der Waals surface area (Å²) in [4.78, 5) is 0.